The molecule has 238 valence electrons. The van der Waals surface area contributed by atoms with E-state index in [1.807, 2.05) is 26.8 Å². The van der Waals surface area contributed by atoms with Crippen molar-refractivity contribution in [3.63, 3.8) is 0 Å². The lowest BCUT2D eigenvalue weighted by atomic mass is 10.1. The summed E-state index contributed by atoms with van der Waals surface area (Å²) in [7, 11) is 0.0664. The lowest BCUT2D eigenvalue weighted by Crippen LogP contribution is -2.53. The molecule has 0 saturated heterocycles. The highest BCUT2D eigenvalue weighted by Crippen LogP contribution is 2.33. The molecule has 10 nitrogen and oxygen atoms in total. The number of sulfonamides is 1. The maximum atomic E-state index is 14.3. The molecule has 3 rings (SSSR count). The molecule has 0 aliphatic rings. The molecule has 0 fully saturated rings. The minimum absolute atomic E-state index is 0.0489. The van der Waals surface area contributed by atoms with Crippen LogP contribution >= 0.6 is 11.6 Å². The number of amides is 2. The Morgan fingerprint density at radius 3 is 2.16 bits per heavy atom. The highest BCUT2D eigenvalue weighted by Gasteiger charge is 2.34. The normalized spacial score (nSPS) is 12.5. The van der Waals surface area contributed by atoms with Crippen molar-refractivity contribution in [3.05, 3.63) is 77.3 Å². The second-order valence-corrected chi connectivity index (χ2v) is 12.4. The predicted octanol–water partition coefficient (Wildman–Crippen LogP) is 5.28. The van der Waals surface area contributed by atoms with Gasteiger partial charge in [-0.25, -0.2) is 8.42 Å². The zero-order chi connectivity index (χ0) is 32.4. The van der Waals surface area contributed by atoms with E-state index in [-0.39, 0.29) is 34.8 Å². The van der Waals surface area contributed by atoms with E-state index >= 15 is 0 Å². The van der Waals surface area contributed by atoms with Gasteiger partial charge in [-0.2, -0.15) is 0 Å². The molecule has 0 unspecified atom stereocenters. The Kier molecular flexibility index (Phi) is 12.3. The van der Waals surface area contributed by atoms with E-state index in [9.17, 15) is 18.0 Å². The third kappa shape index (κ3) is 8.35. The molecular formula is C32H40ClN3O7S. The van der Waals surface area contributed by atoms with Gasteiger partial charge in [0, 0.05) is 23.7 Å². The lowest BCUT2D eigenvalue weighted by Gasteiger charge is -2.33. The third-order valence-electron chi connectivity index (χ3n) is 7.21. The fourth-order valence-electron chi connectivity index (χ4n) is 4.57. The smallest absolute Gasteiger partial charge is 0.264 e. The molecule has 0 bridgehead atoms. The largest absolute Gasteiger partial charge is 0.497 e. The van der Waals surface area contributed by atoms with Crippen molar-refractivity contribution in [2.75, 3.05) is 32.2 Å². The summed E-state index contributed by atoms with van der Waals surface area (Å²) in [6, 6.07) is 16.5. The summed E-state index contributed by atoms with van der Waals surface area (Å²) < 4.78 is 45.3. The summed E-state index contributed by atoms with van der Waals surface area (Å²) in [5.74, 6) is 0.259. The first-order valence-corrected chi connectivity index (χ1v) is 16.0. The zero-order valence-corrected chi connectivity index (χ0v) is 27.4. The van der Waals surface area contributed by atoms with Crippen LogP contribution in [0.5, 0.6) is 17.2 Å². The van der Waals surface area contributed by atoms with Crippen LogP contribution in [0.25, 0.3) is 0 Å². The topological polar surface area (TPSA) is 114 Å². The average Bonchev–Trinajstić information content (AvgIpc) is 3.03. The molecule has 44 heavy (non-hydrogen) atoms. The van der Waals surface area contributed by atoms with Crippen LogP contribution in [0.4, 0.5) is 5.69 Å². The maximum Gasteiger partial charge on any atom is 0.264 e. The van der Waals surface area contributed by atoms with Crippen LogP contribution in [0.3, 0.4) is 0 Å². The molecular weight excluding hydrogens is 606 g/mol. The van der Waals surface area contributed by atoms with Crippen molar-refractivity contribution in [1.82, 2.24) is 10.2 Å². The van der Waals surface area contributed by atoms with Gasteiger partial charge in [-0.15, -0.1) is 0 Å². The quantitative estimate of drug-likeness (QED) is 0.239. The van der Waals surface area contributed by atoms with Crippen molar-refractivity contribution < 1.29 is 32.2 Å². The Hall–Kier alpha value is -3.96. The van der Waals surface area contributed by atoms with E-state index in [0.717, 1.165) is 4.31 Å². The van der Waals surface area contributed by atoms with E-state index in [2.05, 4.69) is 5.32 Å². The average molecular weight is 646 g/mol. The fraction of sp³-hybridized carbons (Fsp3) is 0.375. The van der Waals surface area contributed by atoms with Gasteiger partial charge >= 0.3 is 0 Å². The Labute approximate surface area is 264 Å². The number of halogens is 1. The first-order valence-electron chi connectivity index (χ1n) is 14.2. The van der Waals surface area contributed by atoms with Crippen LogP contribution in [0, 0.1) is 0 Å². The second-order valence-electron chi connectivity index (χ2n) is 10.1. The summed E-state index contributed by atoms with van der Waals surface area (Å²) in [5, 5.41) is 3.36. The highest BCUT2D eigenvalue weighted by molar-refractivity contribution is 7.92. The van der Waals surface area contributed by atoms with Crippen LogP contribution < -0.4 is 23.8 Å². The summed E-state index contributed by atoms with van der Waals surface area (Å²) in [5.41, 5.74) is 0.934. The molecule has 12 heteroatoms. The van der Waals surface area contributed by atoms with E-state index in [1.54, 1.807) is 37.4 Å². The molecule has 0 heterocycles. The minimum atomic E-state index is -4.33. The van der Waals surface area contributed by atoms with E-state index in [1.165, 1.54) is 49.5 Å². The summed E-state index contributed by atoms with van der Waals surface area (Å²) in [6.45, 7) is 5.11. The number of ether oxygens (including phenoxy) is 3. The number of nitrogens with one attached hydrogen (secondary N) is 1. The van der Waals surface area contributed by atoms with Crippen LogP contribution in [-0.4, -0.2) is 65.1 Å². The number of anilines is 1. The molecule has 1 N–H and O–H groups in total. The third-order valence-corrected chi connectivity index (χ3v) is 9.23. The number of nitrogens with zero attached hydrogens (tertiary/aromatic N) is 2. The number of carbonyl (C=O) groups is 2. The predicted molar refractivity (Wildman–Crippen MR) is 171 cm³/mol. The number of benzene rings is 3. The van der Waals surface area contributed by atoms with Gasteiger partial charge in [0.15, 0.2) is 11.5 Å². The van der Waals surface area contributed by atoms with Crippen molar-refractivity contribution >= 4 is 39.1 Å². The summed E-state index contributed by atoms with van der Waals surface area (Å²) in [6.07, 6.45) is 1.02. The molecule has 2 amide bonds. The molecule has 0 aliphatic heterocycles. The molecule has 3 aromatic carbocycles. The number of rotatable bonds is 15. The first-order chi connectivity index (χ1) is 21.0. The van der Waals surface area contributed by atoms with Crippen molar-refractivity contribution in [3.8, 4) is 17.2 Å². The standard InChI is InChI=1S/C32H40ClN3O7S/c1-7-22(3)34-32(38)28(8-2)35(20-23-10-9-11-26(18-23)41-4)31(37)21-36(25-14-12-24(33)13-15-25)44(39,40)27-16-17-29(42-5)30(19-27)43-6/h9-19,22,28H,7-8,20-21H2,1-6H3,(H,34,38)/t22-,28-/m1/s1. The minimum Gasteiger partial charge on any atom is -0.497 e. The molecule has 0 aliphatic carbocycles. The van der Waals surface area contributed by atoms with Crippen LogP contribution in [0.15, 0.2) is 71.6 Å². The fourth-order valence-corrected chi connectivity index (χ4v) is 6.12. The van der Waals surface area contributed by atoms with Gasteiger partial charge in [-0.3, -0.25) is 13.9 Å². The number of methoxy groups -OCH3 is 3. The highest BCUT2D eigenvalue weighted by atomic mass is 35.5. The molecule has 0 aromatic heterocycles. The van der Waals surface area contributed by atoms with Crippen LogP contribution in [0.2, 0.25) is 5.02 Å². The van der Waals surface area contributed by atoms with Gasteiger partial charge in [0.2, 0.25) is 11.8 Å². The second kappa shape index (κ2) is 15.7. The first kappa shape index (κ1) is 34.5. The van der Waals surface area contributed by atoms with Crippen LogP contribution in [-0.2, 0) is 26.2 Å². The van der Waals surface area contributed by atoms with Gasteiger partial charge in [0.05, 0.1) is 31.9 Å². The Morgan fingerprint density at radius 1 is 0.886 bits per heavy atom. The molecule has 0 radical (unpaired) electrons. The Morgan fingerprint density at radius 2 is 1.57 bits per heavy atom. The SMILES string of the molecule is CC[C@@H](C)NC(=O)[C@@H](CC)N(Cc1cccc(OC)c1)C(=O)CN(c1ccc(Cl)cc1)S(=O)(=O)c1ccc(OC)c(OC)c1. The molecule has 0 saturated carbocycles. The van der Waals surface area contributed by atoms with Crippen molar-refractivity contribution in [2.45, 2.75) is 57.1 Å². The van der Waals surface area contributed by atoms with Crippen molar-refractivity contribution in [2.24, 2.45) is 0 Å². The lowest BCUT2D eigenvalue weighted by molar-refractivity contribution is -0.140. The molecule has 2 atom stereocenters. The summed E-state index contributed by atoms with van der Waals surface area (Å²) in [4.78, 5) is 29.0. The Bertz CT molecular complexity index is 1530. The van der Waals surface area contributed by atoms with Gasteiger partial charge < -0.3 is 24.4 Å². The van der Waals surface area contributed by atoms with E-state index in [0.29, 0.717) is 34.9 Å². The summed E-state index contributed by atoms with van der Waals surface area (Å²) >= 11 is 6.11. The van der Waals surface area contributed by atoms with Crippen molar-refractivity contribution in [1.29, 1.82) is 0 Å². The van der Waals surface area contributed by atoms with Gasteiger partial charge in [0.1, 0.15) is 18.3 Å². The zero-order valence-electron chi connectivity index (χ0n) is 25.9. The molecule has 0 spiro atoms. The number of hydrogen-bond acceptors (Lipinski definition) is 7. The Balaban J connectivity index is 2.10. The number of carbonyl (C=O) groups excluding carboxylic acids is 2. The van der Waals surface area contributed by atoms with Gasteiger partial charge in [-0.05, 0) is 73.9 Å². The van der Waals surface area contributed by atoms with Gasteiger partial charge in [0.25, 0.3) is 10.0 Å². The van der Waals surface area contributed by atoms with E-state index < -0.39 is 28.5 Å². The van der Waals surface area contributed by atoms with Crippen LogP contribution in [0.1, 0.15) is 39.2 Å². The number of hydrogen-bond donors (Lipinski definition) is 1. The molecule has 3 aromatic rings. The van der Waals surface area contributed by atoms with Gasteiger partial charge in [-0.1, -0.05) is 37.6 Å². The maximum absolute atomic E-state index is 14.3. The van der Waals surface area contributed by atoms with E-state index in [4.69, 9.17) is 25.8 Å². The monoisotopic (exact) mass is 645 g/mol.